The first-order valence-corrected chi connectivity index (χ1v) is 8.06. The number of rotatable bonds is 5. The van der Waals surface area contributed by atoms with Crippen molar-refractivity contribution < 1.29 is 0 Å². The zero-order valence-electron chi connectivity index (χ0n) is 13.5. The van der Waals surface area contributed by atoms with Crippen LogP contribution in [0.1, 0.15) is 43.9 Å². The lowest BCUT2D eigenvalue weighted by Crippen LogP contribution is -2.39. The van der Waals surface area contributed by atoms with Crippen molar-refractivity contribution in [3.05, 3.63) is 35.4 Å². The summed E-state index contributed by atoms with van der Waals surface area (Å²) in [4.78, 5) is 2.64. The van der Waals surface area contributed by atoms with Crippen molar-refractivity contribution in [2.45, 2.75) is 39.7 Å². The molecule has 1 aromatic carbocycles. The molecule has 1 saturated heterocycles. The Labute approximate surface area is 124 Å². The number of nitrogens with zero attached hydrogens (tertiary/aromatic N) is 1. The molecule has 3 unspecified atom stereocenters. The van der Waals surface area contributed by atoms with Gasteiger partial charge in [0.15, 0.2) is 0 Å². The first-order chi connectivity index (χ1) is 9.60. The highest BCUT2D eigenvalue weighted by atomic mass is 15.1. The molecule has 0 bridgehead atoms. The lowest BCUT2D eigenvalue weighted by molar-refractivity contribution is 0.134. The zero-order valence-corrected chi connectivity index (χ0v) is 13.5. The van der Waals surface area contributed by atoms with Gasteiger partial charge in [0.25, 0.3) is 0 Å². The van der Waals surface area contributed by atoms with Crippen molar-refractivity contribution in [1.82, 2.24) is 10.2 Å². The minimum Gasteiger partial charge on any atom is -0.313 e. The maximum Gasteiger partial charge on any atom is 0.0329 e. The zero-order chi connectivity index (χ0) is 14.5. The van der Waals surface area contributed by atoms with Crippen LogP contribution in [0.5, 0.6) is 0 Å². The number of hydrogen-bond donors (Lipinski definition) is 1. The lowest BCUT2D eigenvalue weighted by atomic mass is 9.88. The summed E-state index contributed by atoms with van der Waals surface area (Å²) in [6, 6.07) is 9.37. The van der Waals surface area contributed by atoms with Gasteiger partial charge in [-0.3, -0.25) is 0 Å². The molecule has 0 amide bonds. The van der Waals surface area contributed by atoms with Gasteiger partial charge >= 0.3 is 0 Å². The van der Waals surface area contributed by atoms with Gasteiger partial charge in [-0.25, -0.2) is 0 Å². The fourth-order valence-electron chi connectivity index (χ4n) is 3.23. The predicted octanol–water partition coefficient (Wildman–Crippen LogP) is 3.62. The minimum atomic E-state index is 0.476. The van der Waals surface area contributed by atoms with E-state index in [0.29, 0.717) is 6.04 Å². The maximum absolute atomic E-state index is 3.48. The van der Waals surface area contributed by atoms with Gasteiger partial charge in [0.2, 0.25) is 0 Å². The van der Waals surface area contributed by atoms with Gasteiger partial charge in [0.1, 0.15) is 0 Å². The summed E-state index contributed by atoms with van der Waals surface area (Å²) in [6.45, 7) is 10.7. The number of likely N-dealkylation sites (tertiary alicyclic amines) is 1. The van der Waals surface area contributed by atoms with E-state index in [-0.39, 0.29) is 0 Å². The van der Waals surface area contributed by atoms with Crippen LogP contribution in [-0.2, 0) is 0 Å². The van der Waals surface area contributed by atoms with Crippen molar-refractivity contribution in [1.29, 1.82) is 0 Å². The molecule has 0 saturated carbocycles. The monoisotopic (exact) mass is 274 g/mol. The summed E-state index contributed by atoms with van der Waals surface area (Å²) in [5, 5.41) is 3.48. The fourth-order valence-corrected chi connectivity index (χ4v) is 3.23. The Balaban J connectivity index is 1.88. The van der Waals surface area contributed by atoms with E-state index in [1.807, 2.05) is 0 Å². The van der Waals surface area contributed by atoms with Gasteiger partial charge < -0.3 is 10.2 Å². The number of piperidine rings is 1. The predicted molar refractivity (Wildman–Crippen MR) is 87.0 cm³/mol. The van der Waals surface area contributed by atoms with E-state index in [1.54, 1.807) is 0 Å². The van der Waals surface area contributed by atoms with Gasteiger partial charge in [-0.1, -0.05) is 43.7 Å². The van der Waals surface area contributed by atoms with Crippen LogP contribution in [0.2, 0.25) is 0 Å². The van der Waals surface area contributed by atoms with Gasteiger partial charge in [-0.2, -0.15) is 0 Å². The van der Waals surface area contributed by atoms with E-state index in [0.717, 1.165) is 11.8 Å². The molecule has 2 rings (SSSR count). The van der Waals surface area contributed by atoms with Crippen LogP contribution in [0.3, 0.4) is 0 Å². The number of aryl methyl sites for hydroxylation is 1. The average molecular weight is 274 g/mol. The third-order valence-corrected chi connectivity index (χ3v) is 4.95. The highest BCUT2D eigenvalue weighted by molar-refractivity contribution is 5.25. The Hall–Kier alpha value is -0.860. The van der Waals surface area contributed by atoms with Crippen LogP contribution < -0.4 is 5.32 Å². The first kappa shape index (κ1) is 15.5. The second kappa shape index (κ2) is 7.24. The van der Waals surface area contributed by atoms with Crippen LogP contribution in [0.15, 0.2) is 24.3 Å². The van der Waals surface area contributed by atoms with Crippen molar-refractivity contribution >= 4 is 0 Å². The molecule has 0 aliphatic carbocycles. The molecule has 0 spiro atoms. The van der Waals surface area contributed by atoms with Gasteiger partial charge in [0.05, 0.1) is 0 Å². The fraction of sp³-hybridized carbons (Fsp3) is 0.667. The Morgan fingerprint density at radius 1 is 1.30 bits per heavy atom. The lowest BCUT2D eigenvalue weighted by Gasteiger charge is -2.36. The summed E-state index contributed by atoms with van der Waals surface area (Å²) in [5.41, 5.74) is 2.77. The molecule has 1 N–H and O–H groups in total. The summed E-state index contributed by atoms with van der Waals surface area (Å²) in [5.74, 6) is 1.74. The molecule has 1 aliphatic heterocycles. The van der Waals surface area contributed by atoms with E-state index >= 15 is 0 Å². The third-order valence-electron chi connectivity index (χ3n) is 4.95. The SMILES string of the molecule is CNC(CCN1CCC(C)C(C)C1)c1cccc(C)c1. The van der Waals surface area contributed by atoms with E-state index in [9.17, 15) is 0 Å². The third kappa shape index (κ3) is 4.07. The summed E-state index contributed by atoms with van der Waals surface area (Å²) < 4.78 is 0. The molecule has 2 heteroatoms. The topological polar surface area (TPSA) is 15.3 Å². The van der Waals surface area contributed by atoms with Crippen molar-refractivity contribution in [2.75, 3.05) is 26.7 Å². The second-order valence-corrected chi connectivity index (χ2v) is 6.59. The van der Waals surface area contributed by atoms with E-state index in [1.165, 1.54) is 43.6 Å². The quantitative estimate of drug-likeness (QED) is 0.882. The Kier molecular flexibility index (Phi) is 5.62. The van der Waals surface area contributed by atoms with E-state index in [4.69, 9.17) is 0 Å². The Bertz CT molecular complexity index is 416. The smallest absolute Gasteiger partial charge is 0.0329 e. The number of benzene rings is 1. The van der Waals surface area contributed by atoms with Crippen LogP contribution in [0, 0.1) is 18.8 Å². The van der Waals surface area contributed by atoms with Crippen LogP contribution in [0.25, 0.3) is 0 Å². The molecule has 0 radical (unpaired) electrons. The first-order valence-electron chi connectivity index (χ1n) is 8.06. The average Bonchev–Trinajstić information content (AvgIpc) is 2.43. The van der Waals surface area contributed by atoms with Gasteiger partial charge in [0, 0.05) is 12.6 Å². The molecular formula is C18H30N2. The second-order valence-electron chi connectivity index (χ2n) is 6.59. The summed E-state index contributed by atoms with van der Waals surface area (Å²) in [7, 11) is 2.08. The molecule has 1 fully saturated rings. The molecule has 3 atom stereocenters. The highest BCUT2D eigenvalue weighted by Crippen LogP contribution is 2.24. The molecule has 1 heterocycles. The van der Waals surface area contributed by atoms with Crippen molar-refractivity contribution in [3.63, 3.8) is 0 Å². The minimum absolute atomic E-state index is 0.476. The molecule has 0 aromatic heterocycles. The molecule has 112 valence electrons. The Morgan fingerprint density at radius 3 is 2.75 bits per heavy atom. The van der Waals surface area contributed by atoms with Crippen LogP contribution in [0.4, 0.5) is 0 Å². The van der Waals surface area contributed by atoms with Crippen LogP contribution in [-0.4, -0.2) is 31.6 Å². The molecular weight excluding hydrogens is 244 g/mol. The van der Waals surface area contributed by atoms with Crippen LogP contribution >= 0.6 is 0 Å². The normalized spacial score (nSPS) is 25.6. The van der Waals surface area contributed by atoms with Crippen molar-refractivity contribution in [3.8, 4) is 0 Å². The molecule has 1 aliphatic rings. The summed E-state index contributed by atoms with van der Waals surface area (Å²) in [6.07, 6.45) is 2.55. The molecule has 1 aromatic rings. The van der Waals surface area contributed by atoms with E-state index < -0.39 is 0 Å². The molecule has 20 heavy (non-hydrogen) atoms. The number of hydrogen-bond acceptors (Lipinski definition) is 2. The van der Waals surface area contributed by atoms with E-state index in [2.05, 4.69) is 62.3 Å². The summed E-state index contributed by atoms with van der Waals surface area (Å²) >= 11 is 0. The Morgan fingerprint density at radius 2 is 2.10 bits per heavy atom. The van der Waals surface area contributed by atoms with Crippen molar-refractivity contribution in [2.24, 2.45) is 11.8 Å². The maximum atomic E-state index is 3.48. The number of nitrogens with one attached hydrogen (secondary N) is 1. The largest absolute Gasteiger partial charge is 0.313 e. The molecule has 2 nitrogen and oxygen atoms in total. The standard InChI is InChI=1S/C18H30N2/c1-14-6-5-7-17(12-14)18(19-4)9-11-20-10-8-15(2)16(3)13-20/h5-7,12,15-16,18-19H,8-11,13H2,1-4H3. The van der Waals surface area contributed by atoms with Gasteiger partial charge in [-0.05, 0) is 57.3 Å². The highest BCUT2D eigenvalue weighted by Gasteiger charge is 2.23. The van der Waals surface area contributed by atoms with Gasteiger partial charge in [-0.15, -0.1) is 0 Å².